The number of ether oxygens (including phenoxy) is 1. The molecule has 28 heavy (non-hydrogen) atoms. The lowest BCUT2D eigenvalue weighted by Gasteiger charge is -2.26. The molecule has 0 bridgehead atoms. The third kappa shape index (κ3) is 3.68. The van der Waals surface area contributed by atoms with Gasteiger partial charge in [0, 0.05) is 35.8 Å². The number of para-hydroxylation sites is 1. The molecule has 0 radical (unpaired) electrons. The van der Waals surface area contributed by atoms with Gasteiger partial charge in [-0.25, -0.2) is 0 Å². The molecular weight excluding hydrogens is 348 g/mol. The predicted molar refractivity (Wildman–Crippen MR) is 114 cm³/mol. The Morgan fingerprint density at radius 1 is 1.21 bits per heavy atom. The van der Waals surface area contributed by atoms with E-state index in [0.717, 1.165) is 25.1 Å². The van der Waals surface area contributed by atoms with Crippen molar-refractivity contribution in [3.63, 3.8) is 0 Å². The molecule has 0 atom stereocenters. The van der Waals surface area contributed by atoms with Crippen LogP contribution < -0.4 is 4.74 Å². The normalized spacial score (nSPS) is 14.2. The standard InChI is InChI=1S/C24H26N2O2/c1-3-18-7-5-8-20(14-18)28-16-23(27)26-12-10-19(11-13-26)22-15-25-24-17(2)6-4-9-21(22)24/h4-10,14-15,25H,3,11-13,16H2,1-2H3. The summed E-state index contributed by atoms with van der Waals surface area (Å²) in [5.74, 6) is 0.794. The Kier molecular flexibility index (Phi) is 5.20. The maximum Gasteiger partial charge on any atom is 0.260 e. The van der Waals surface area contributed by atoms with Crippen LogP contribution in [0.25, 0.3) is 16.5 Å². The van der Waals surface area contributed by atoms with Crippen LogP contribution in [0, 0.1) is 6.92 Å². The molecule has 3 aromatic rings. The fourth-order valence-electron chi connectivity index (χ4n) is 3.80. The van der Waals surface area contributed by atoms with E-state index in [-0.39, 0.29) is 12.5 Å². The fourth-order valence-corrected chi connectivity index (χ4v) is 3.80. The second-order valence-corrected chi connectivity index (χ2v) is 7.31. The van der Waals surface area contributed by atoms with Gasteiger partial charge in [0.2, 0.25) is 0 Å². The highest BCUT2D eigenvalue weighted by atomic mass is 16.5. The number of hydrogen-bond donors (Lipinski definition) is 1. The van der Waals surface area contributed by atoms with Crippen LogP contribution in [-0.4, -0.2) is 35.5 Å². The van der Waals surface area contributed by atoms with Gasteiger partial charge in [-0.05, 0) is 48.6 Å². The molecule has 0 fully saturated rings. The Morgan fingerprint density at radius 3 is 2.86 bits per heavy atom. The molecule has 4 rings (SSSR count). The molecule has 4 nitrogen and oxygen atoms in total. The van der Waals surface area contributed by atoms with E-state index in [1.54, 1.807) is 0 Å². The summed E-state index contributed by atoms with van der Waals surface area (Å²) >= 11 is 0. The van der Waals surface area contributed by atoms with Gasteiger partial charge in [-0.15, -0.1) is 0 Å². The predicted octanol–water partition coefficient (Wildman–Crippen LogP) is 4.73. The summed E-state index contributed by atoms with van der Waals surface area (Å²) in [5, 5.41) is 1.25. The van der Waals surface area contributed by atoms with Crippen molar-refractivity contribution in [3.8, 4) is 5.75 Å². The number of aromatic amines is 1. The summed E-state index contributed by atoms with van der Waals surface area (Å²) in [6, 6.07) is 14.3. The van der Waals surface area contributed by atoms with Crippen molar-refractivity contribution in [1.82, 2.24) is 9.88 Å². The van der Waals surface area contributed by atoms with Gasteiger partial charge in [0.1, 0.15) is 5.75 Å². The van der Waals surface area contributed by atoms with E-state index in [1.807, 2.05) is 23.1 Å². The zero-order chi connectivity index (χ0) is 19.5. The lowest BCUT2D eigenvalue weighted by molar-refractivity contribution is -0.132. The number of carbonyl (C=O) groups excluding carboxylic acids is 1. The van der Waals surface area contributed by atoms with Gasteiger partial charge in [0.15, 0.2) is 6.61 Å². The first kappa shape index (κ1) is 18.4. The summed E-state index contributed by atoms with van der Waals surface area (Å²) in [7, 11) is 0. The van der Waals surface area contributed by atoms with E-state index in [0.29, 0.717) is 6.54 Å². The van der Waals surface area contributed by atoms with Crippen LogP contribution >= 0.6 is 0 Å². The number of aryl methyl sites for hydroxylation is 2. The number of carbonyl (C=O) groups is 1. The third-order valence-electron chi connectivity index (χ3n) is 5.50. The van der Waals surface area contributed by atoms with Crippen molar-refractivity contribution >= 4 is 22.4 Å². The lowest BCUT2D eigenvalue weighted by Crippen LogP contribution is -2.37. The minimum absolute atomic E-state index is 0.0342. The smallest absolute Gasteiger partial charge is 0.260 e. The highest BCUT2D eigenvalue weighted by Crippen LogP contribution is 2.30. The average molecular weight is 374 g/mol. The van der Waals surface area contributed by atoms with Crippen LogP contribution in [0.4, 0.5) is 0 Å². The molecule has 1 amide bonds. The molecule has 0 aliphatic carbocycles. The van der Waals surface area contributed by atoms with Crippen LogP contribution in [-0.2, 0) is 11.2 Å². The second-order valence-electron chi connectivity index (χ2n) is 7.31. The Bertz CT molecular complexity index is 1030. The number of rotatable bonds is 5. The number of fused-ring (bicyclic) bond motifs is 1. The molecule has 2 aromatic carbocycles. The summed E-state index contributed by atoms with van der Waals surface area (Å²) in [6.45, 7) is 5.67. The van der Waals surface area contributed by atoms with Crippen LogP contribution in [0.1, 0.15) is 30.0 Å². The van der Waals surface area contributed by atoms with Crippen LogP contribution in [0.2, 0.25) is 0 Å². The fraction of sp³-hybridized carbons (Fsp3) is 0.292. The van der Waals surface area contributed by atoms with E-state index in [2.05, 4.69) is 55.4 Å². The minimum atomic E-state index is 0.0342. The molecule has 0 spiro atoms. The van der Waals surface area contributed by atoms with E-state index >= 15 is 0 Å². The number of benzene rings is 2. The van der Waals surface area contributed by atoms with E-state index in [4.69, 9.17) is 4.74 Å². The molecule has 1 N–H and O–H groups in total. The SMILES string of the molecule is CCc1cccc(OCC(=O)N2CC=C(c3c[nH]c4c(C)cccc34)CC2)c1. The Hall–Kier alpha value is -3.01. The molecular formula is C24H26N2O2. The first-order valence-electron chi connectivity index (χ1n) is 9.91. The van der Waals surface area contributed by atoms with Gasteiger partial charge in [0.05, 0.1) is 0 Å². The van der Waals surface area contributed by atoms with Crippen molar-refractivity contribution in [2.45, 2.75) is 26.7 Å². The summed E-state index contributed by atoms with van der Waals surface area (Å²) < 4.78 is 5.72. The van der Waals surface area contributed by atoms with Gasteiger partial charge in [-0.3, -0.25) is 4.79 Å². The molecule has 0 saturated heterocycles. The second kappa shape index (κ2) is 7.93. The van der Waals surface area contributed by atoms with Gasteiger partial charge in [-0.2, -0.15) is 0 Å². The number of aromatic nitrogens is 1. The van der Waals surface area contributed by atoms with E-state index in [1.165, 1.54) is 33.2 Å². The largest absolute Gasteiger partial charge is 0.484 e. The maximum atomic E-state index is 12.5. The van der Waals surface area contributed by atoms with Crippen LogP contribution in [0.15, 0.2) is 54.7 Å². The quantitative estimate of drug-likeness (QED) is 0.701. The van der Waals surface area contributed by atoms with Gasteiger partial charge < -0.3 is 14.6 Å². The first-order valence-corrected chi connectivity index (χ1v) is 9.91. The van der Waals surface area contributed by atoms with Crippen LogP contribution in [0.3, 0.4) is 0 Å². The van der Waals surface area contributed by atoms with Crippen molar-refractivity contribution in [1.29, 1.82) is 0 Å². The van der Waals surface area contributed by atoms with E-state index < -0.39 is 0 Å². The maximum absolute atomic E-state index is 12.5. The highest BCUT2D eigenvalue weighted by Gasteiger charge is 2.20. The Morgan fingerprint density at radius 2 is 2.07 bits per heavy atom. The minimum Gasteiger partial charge on any atom is -0.484 e. The number of nitrogens with zero attached hydrogens (tertiary/aromatic N) is 1. The lowest BCUT2D eigenvalue weighted by atomic mass is 9.98. The molecule has 144 valence electrons. The third-order valence-corrected chi connectivity index (χ3v) is 5.50. The average Bonchev–Trinajstić information content (AvgIpc) is 3.18. The zero-order valence-corrected chi connectivity index (χ0v) is 16.5. The number of H-pyrrole nitrogens is 1. The Balaban J connectivity index is 1.40. The van der Waals surface area contributed by atoms with Gasteiger partial charge >= 0.3 is 0 Å². The van der Waals surface area contributed by atoms with Crippen LogP contribution in [0.5, 0.6) is 5.75 Å². The number of hydrogen-bond acceptors (Lipinski definition) is 2. The van der Waals surface area contributed by atoms with Gasteiger partial charge in [-0.1, -0.05) is 43.3 Å². The molecule has 0 unspecified atom stereocenters. The topological polar surface area (TPSA) is 45.3 Å². The summed E-state index contributed by atoms with van der Waals surface area (Å²) in [4.78, 5) is 17.8. The molecule has 0 saturated carbocycles. The first-order chi connectivity index (χ1) is 13.7. The van der Waals surface area contributed by atoms with E-state index in [9.17, 15) is 4.79 Å². The Labute approximate surface area is 165 Å². The van der Waals surface area contributed by atoms with Crippen molar-refractivity contribution in [2.75, 3.05) is 19.7 Å². The zero-order valence-electron chi connectivity index (χ0n) is 16.5. The number of amides is 1. The monoisotopic (exact) mass is 374 g/mol. The van der Waals surface area contributed by atoms with Gasteiger partial charge in [0.25, 0.3) is 5.91 Å². The molecule has 1 aliphatic heterocycles. The van der Waals surface area contributed by atoms with Crippen molar-refractivity contribution < 1.29 is 9.53 Å². The molecule has 4 heteroatoms. The number of nitrogens with one attached hydrogen (secondary N) is 1. The molecule has 1 aliphatic rings. The summed E-state index contributed by atoms with van der Waals surface area (Å²) in [5.41, 5.74) is 6.21. The van der Waals surface area contributed by atoms with Crippen molar-refractivity contribution in [3.05, 3.63) is 71.4 Å². The highest BCUT2D eigenvalue weighted by molar-refractivity contribution is 5.94. The molecule has 1 aromatic heterocycles. The summed E-state index contributed by atoms with van der Waals surface area (Å²) in [6.07, 6.45) is 6.07. The molecule has 2 heterocycles. The van der Waals surface area contributed by atoms with Crippen molar-refractivity contribution in [2.24, 2.45) is 0 Å².